The number of alkyl halides is 1. The molecule has 0 aliphatic rings. The average molecular weight is 296 g/mol. The second-order valence-electron chi connectivity index (χ2n) is 5.11. The summed E-state index contributed by atoms with van der Waals surface area (Å²) in [5, 5.41) is 7.49. The highest BCUT2D eigenvalue weighted by Crippen LogP contribution is 2.22. The number of rotatable bonds is 3. The number of carbonyl (C=O) groups is 1. The number of hydrogen-bond donors (Lipinski definition) is 3. The molecule has 1 amide bonds. The minimum atomic E-state index is -0.780. The van der Waals surface area contributed by atoms with Crippen LogP contribution in [0, 0.1) is 5.41 Å². The molecule has 0 radical (unpaired) electrons. The first-order chi connectivity index (χ1) is 9.36. The highest BCUT2D eigenvalue weighted by atomic mass is 35.5. The van der Waals surface area contributed by atoms with Gasteiger partial charge in [0.2, 0.25) is 5.91 Å². The van der Waals surface area contributed by atoms with Crippen molar-refractivity contribution >= 4 is 34.0 Å². The van der Waals surface area contributed by atoms with Crippen molar-refractivity contribution in [2.45, 2.75) is 13.8 Å². The Labute approximate surface area is 119 Å². The molecule has 3 N–H and O–H groups in total. The normalized spacial score (nSPS) is 11.6. The van der Waals surface area contributed by atoms with Crippen LogP contribution in [0.4, 0.5) is 5.69 Å². The Morgan fingerprint density at radius 1 is 1.25 bits per heavy atom. The van der Waals surface area contributed by atoms with Crippen LogP contribution < -0.4 is 16.4 Å². The number of anilines is 1. The molecule has 0 saturated carbocycles. The summed E-state index contributed by atoms with van der Waals surface area (Å²) in [6.45, 7) is 3.38. The van der Waals surface area contributed by atoms with E-state index >= 15 is 0 Å². The van der Waals surface area contributed by atoms with Gasteiger partial charge in [0.25, 0.3) is 11.1 Å². The van der Waals surface area contributed by atoms with Crippen LogP contribution in [0.2, 0.25) is 0 Å². The molecule has 0 spiro atoms. The van der Waals surface area contributed by atoms with Gasteiger partial charge in [-0.25, -0.2) is 0 Å². The van der Waals surface area contributed by atoms with Gasteiger partial charge in [-0.05, 0) is 26.0 Å². The lowest BCUT2D eigenvalue weighted by molar-refractivity contribution is -0.122. The summed E-state index contributed by atoms with van der Waals surface area (Å²) >= 11 is 5.75. The van der Waals surface area contributed by atoms with Gasteiger partial charge in [-0.15, -0.1) is 11.6 Å². The number of aromatic amines is 2. The van der Waals surface area contributed by atoms with Crippen LogP contribution in [0.5, 0.6) is 0 Å². The molecule has 0 bridgehead atoms. The Bertz CT molecular complexity index is 776. The van der Waals surface area contributed by atoms with Crippen molar-refractivity contribution in [1.82, 2.24) is 10.2 Å². The first-order valence-electron chi connectivity index (χ1n) is 5.98. The molecule has 1 aromatic carbocycles. The Morgan fingerprint density at radius 3 is 2.55 bits per heavy atom. The summed E-state index contributed by atoms with van der Waals surface area (Å²) in [6.07, 6.45) is 0. The first kappa shape index (κ1) is 14.3. The Morgan fingerprint density at radius 2 is 1.90 bits per heavy atom. The molecule has 1 heterocycles. The minimum Gasteiger partial charge on any atom is -0.325 e. The predicted molar refractivity (Wildman–Crippen MR) is 78.3 cm³/mol. The van der Waals surface area contributed by atoms with Crippen LogP contribution in [0.25, 0.3) is 10.8 Å². The van der Waals surface area contributed by atoms with E-state index in [1.165, 1.54) is 6.07 Å². The monoisotopic (exact) mass is 295 g/mol. The lowest BCUT2D eigenvalue weighted by atomic mass is 9.95. The Balaban J connectivity index is 2.57. The molecule has 106 valence electrons. The Hall–Kier alpha value is -2.08. The fraction of sp³-hybridized carbons (Fsp3) is 0.308. The zero-order valence-corrected chi connectivity index (χ0v) is 11.8. The molecule has 0 aliphatic carbocycles. The highest BCUT2D eigenvalue weighted by Gasteiger charge is 2.27. The molecule has 20 heavy (non-hydrogen) atoms. The van der Waals surface area contributed by atoms with Crippen molar-refractivity contribution in [3.63, 3.8) is 0 Å². The summed E-state index contributed by atoms with van der Waals surface area (Å²) in [4.78, 5) is 35.6. The SMILES string of the molecule is CC(C)(CCl)C(=O)Nc1cccc2c(=O)[nH][nH]c(=O)c12. The van der Waals surface area contributed by atoms with Crippen molar-refractivity contribution in [1.29, 1.82) is 0 Å². The van der Waals surface area contributed by atoms with Gasteiger partial charge in [0.1, 0.15) is 0 Å². The number of aromatic nitrogens is 2. The number of benzene rings is 1. The third-order valence-corrected chi connectivity index (χ3v) is 3.69. The molecular formula is C13H14ClN3O3. The second kappa shape index (κ2) is 5.13. The van der Waals surface area contributed by atoms with Crippen molar-refractivity contribution < 1.29 is 4.79 Å². The molecule has 0 saturated heterocycles. The quantitative estimate of drug-likeness (QED) is 0.747. The summed E-state index contributed by atoms with van der Waals surface area (Å²) in [7, 11) is 0. The van der Waals surface area contributed by atoms with Gasteiger partial charge < -0.3 is 5.32 Å². The fourth-order valence-corrected chi connectivity index (χ4v) is 1.81. The molecule has 2 aromatic rings. The van der Waals surface area contributed by atoms with Crippen LogP contribution in [0.15, 0.2) is 27.8 Å². The maximum Gasteiger partial charge on any atom is 0.272 e. The number of H-pyrrole nitrogens is 2. The molecule has 1 aromatic heterocycles. The van der Waals surface area contributed by atoms with Crippen LogP contribution in [0.1, 0.15) is 13.8 Å². The zero-order valence-electron chi connectivity index (χ0n) is 11.0. The topological polar surface area (TPSA) is 94.8 Å². The number of nitrogens with one attached hydrogen (secondary N) is 3. The van der Waals surface area contributed by atoms with Crippen molar-refractivity contribution in [3.8, 4) is 0 Å². The lowest BCUT2D eigenvalue weighted by Crippen LogP contribution is -2.33. The van der Waals surface area contributed by atoms with Crippen molar-refractivity contribution in [2.24, 2.45) is 5.41 Å². The van der Waals surface area contributed by atoms with Gasteiger partial charge in [0.05, 0.1) is 21.9 Å². The van der Waals surface area contributed by atoms with E-state index in [0.29, 0.717) is 0 Å². The number of hydrogen-bond acceptors (Lipinski definition) is 3. The predicted octanol–water partition coefficient (Wildman–Crippen LogP) is 1.42. The van der Waals surface area contributed by atoms with E-state index in [9.17, 15) is 14.4 Å². The number of amides is 1. The Kier molecular flexibility index (Phi) is 3.67. The van der Waals surface area contributed by atoms with Gasteiger partial charge in [-0.1, -0.05) is 6.07 Å². The molecule has 0 unspecified atom stereocenters. The van der Waals surface area contributed by atoms with E-state index in [1.54, 1.807) is 26.0 Å². The third kappa shape index (κ3) is 2.46. The maximum atomic E-state index is 12.1. The van der Waals surface area contributed by atoms with Crippen LogP contribution in [-0.4, -0.2) is 22.0 Å². The van der Waals surface area contributed by atoms with Crippen molar-refractivity contribution in [2.75, 3.05) is 11.2 Å². The van der Waals surface area contributed by atoms with E-state index < -0.39 is 16.5 Å². The first-order valence-corrected chi connectivity index (χ1v) is 6.51. The molecule has 0 aliphatic heterocycles. The molecule has 0 atom stereocenters. The van der Waals surface area contributed by atoms with E-state index in [2.05, 4.69) is 15.5 Å². The number of halogens is 1. The van der Waals surface area contributed by atoms with E-state index in [-0.39, 0.29) is 28.2 Å². The standard InChI is InChI=1S/C13H14ClN3O3/c1-13(2,6-14)12(20)15-8-5-3-4-7-9(8)11(19)17-16-10(7)18/h3-5H,6H2,1-2H3,(H,15,20)(H,16,18)(H,17,19). The molecular weight excluding hydrogens is 282 g/mol. The van der Waals surface area contributed by atoms with Gasteiger partial charge >= 0.3 is 0 Å². The largest absolute Gasteiger partial charge is 0.325 e. The van der Waals surface area contributed by atoms with E-state index in [1.807, 2.05) is 0 Å². The molecule has 0 fully saturated rings. The summed E-state index contributed by atoms with van der Waals surface area (Å²) in [6, 6.07) is 4.69. The van der Waals surface area contributed by atoms with Crippen LogP contribution in [-0.2, 0) is 4.79 Å². The van der Waals surface area contributed by atoms with Gasteiger partial charge in [-0.3, -0.25) is 24.6 Å². The molecule has 6 nitrogen and oxygen atoms in total. The van der Waals surface area contributed by atoms with Gasteiger partial charge in [-0.2, -0.15) is 0 Å². The number of carbonyl (C=O) groups excluding carboxylic acids is 1. The van der Waals surface area contributed by atoms with E-state index in [0.717, 1.165) is 0 Å². The highest BCUT2D eigenvalue weighted by molar-refractivity contribution is 6.20. The second-order valence-corrected chi connectivity index (χ2v) is 5.38. The minimum absolute atomic E-state index is 0.139. The van der Waals surface area contributed by atoms with Crippen molar-refractivity contribution in [3.05, 3.63) is 38.9 Å². The van der Waals surface area contributed by atoms with E-state index in [4.69, 9.17) is 11.6 Å². The third-order valence-electron chi connectivity index (χ3n) is 3.02. The average Bonchev–Trinajstić information content (AvgIpc) is 2.43. The summed E-state index contributed by atoms with van der Waals surface area (Å²) in [5.41, 5.74) is -1.39. The molecule has 7 heteroatoms. The summed E-state index contributed by atoms with van der Waals surface area (Å²) in [5.74, 6) is -0.180. The van der Waals surface area contributed by atoms with Crippen LogP contribution in [0.3, 0.4) is 0 Å². The maximum absolute atomic E-state index is 12.1. The molecule has 2 rings (SSSR count). The number of fused-ring (bicyclic) bond motifs is 1. The lowest BCUT2D eigenvalue weighted by Gasteiger charge is -2.20. The van der Waals surface area contributed by atoms with Gasteiger partial charge in [0.15, 0.2) is 0 Å². The van der Waals surface area contributed by atoms with Crippen LogP contribution >= 0.6 is 11.6 Å². The smallest absolute Gasteiger partial charge is 0.272 e. The van der Waals surface area contributed by atoms with Gasteiger partial charge in [0, 0.05) is 5.88 Å². The zero-order chi connectivity index (χ0) is 14.9. The summed E-state index contributed by atoms with van der Waals surface area (Å²) < 4.78 is 0. The fourth-order valence-electron chi connectivity index (χ4n) is 1.69.